The second-order valence-corrected chi connectivity index (χ2v) is 4.73. The quantitative estimate of drug-likeness (QED) is 0.923. The van der Waals surface area contributed by atoms with Crippen LogP contribution in [-0.2, 0) is 6.42 Å². The zero-order valence-electron chi connectivity index (χ0n) is 8.66. The molecule has 1 aromatic heterocycles. The molecule has 0 bridgehead atoms. The van der Waals surface area contributed by atoms with E-state index < -0.39 is 11.9 Å². The molecule has 1 atom stereocenters. The van der Waals surface area contributed by atoms with E-state index in [2.05, 4.69) is 15.9 Å². The van der Waals surface area contributed by atoms with Crippen molar-refractivity contribution in [3.05, 3.63) is 57.2 Å². The van der Waals surface area contributed by atoms with E-state index in [9.17, 15) is 9.50 Å². The lowest BCUT2D eigenvalue weighted by Crippen LogP contribution is -2.02. The second kappa shape index (κ2) is 5.21. The number of rotatable bonds is 3. The van der Waals surface area contributed by atoms with E-state index in [0.717, 1.165) is 0 Å². The van der Waals surface area contributed by atoms with Gasteiger partial charge in [0, 0.05) is 17.0 Å². The summed E-state index contributed by atoms with van der Waals surface area (Å²) in [4.78, 5) is 0. The standard InChI is InChI=1S/C12H9BrClFO2/c13-12-9(3-4-17-12)11(16)5-7-1-2-8(15)6-10(7)14/h1-4,6,11,16H,5H2. The number of halogens is 3. The van der Waals surface area contributed by atoms with Gasteiger partial charge in [-0.25, -0.2) is 4.39 Å². The molecule has 90 valence electrons. The molecule has 0 fully saturated rings. The van der Waals surface area contributed by atoms with Crippen molar-refractivity contribution in [2.75, 3.05) is 0 Å². The van der Waals surface area contributed by atoms with E-state index >= 15 is 0 Å². The van der Waals surface area contributed by atoms with E-state index in [0.29, 0.717) is 27.2 Å². The molecular weight excluding hydrogens is 310 g/mol. The van der Waals surface area contributed by atoms with Crippen molar-refractivity contribution < 1.29 is 13.9 Å². The number of hydrogen-bond acceptors (Lipinski definition) is 2. The first-order valence-corrected chi connectivity index (χ1v) is 6.10. The Hall–Kier alpha value is -0.840. The number of benzene rings is 1. The van der Waals surface area contributed by atoms with Gasteiger partial charge in [-0.3, -0.25) is 0 Å². The van der Waals surface area contributed by atoms with Gasteiger partial charge in [0.1, 0.15) is 5.82 Å². The molecule has 1 unspecified atom stereocenters. The number of furan rings is 1. The minimum Gasteiger partial charge on any atom is -0.457 e. The monoisotopic (exact) mass is 318 g/mol. The number of aliphatic hydroxyl groups excluding tert-OH is 1. The zero-order valence-corrected chi connectivity index (χ0v) is 11.0. The maximum absolute atomic E-state index is 12.9. The van der Waals surface area contributed by atoms with Gasteiger partial charge in [-0.1, -0.05) is 17.7 Å². The molecule has 1 aromatic carbocycles. The van der Waals surface area contributed by atoms with Crippen LogP contribution in [-0.4, -0.2) is 5.11 Å². The first kappa shape index (κ1) is 12.6. The second-order valence-electron chi connectivity index (χ2n) is 3.61. The lowest BCUT2D eigenvalue weighted by molar-refractivity contribution is 0.176. The largest absolute Gasteiger partial charge is 0.457 e. The minimum absolute atomic E-state index is 0.303. The van der Waals surface area contributed by atoms with Crippen LogP contribution in [0.2, 0.25) is 5.02 Å². The van der Waals surface area contributed by atoms with Gasteiger partial charge in [-0.2, -0.15) is 0 Å². The summed E-state index contributed by atoms with van der Waals surface area (Å²) in [7, 11) is 0. The van der Waals surface area contributed by atoms with E-state index in [-0.39, 0.29) is 0 Å². The highest BCUT2D eigenvalue weighted by Crippen LogP contribution is 2.29. The summed E-state index contributed by atoms with van der Waals surface area (Å²) in [6.45, 7) is 0. The van der Waals surface area contributed by atoms with Crippen LogP contribution in [0.3, 0.4) is 0 Å². The molecule has 1 heterocycles. The lowest BCUT2D eigenvalue weighted by Gasteiger charge is -2.10. The van der Waals surface area contributed by atoms with Crippen molar-refractivity contribution in [2.45, 2.75) is 12.5 Å². The van der Waals surface area contributed by atoms with Gasteiger partial charge in [0.15, 0.2) is 4.67 Å². The summed E-state index contributed by atoms with van der Waals surface area (Å²) in [6.07, 6.45) is 1.04. The first-order valence-electron chi connectivity index (χ1n) is 4.93. The van der Waals surface area contributed by atoms with Crippen LogP contribution in [0.4, 0.5) is 4.39 Å². The van der Waals surface area contributed by atoms with Crippen molar-refractivity contribution >= 4 is 27.5 Å². The Balaban J connectivity index is 2.19. The molecule has 5 heteroatoms. The molecular formula is C12H9BrClFO2. The maximum atomic E-state index is 12.9. The van der Waals surface area contributed by atoms with Crippen molar-refractivity contribution in [3.63, 3.8) is 0 Å². The van der Waals surface area contributed by atoms with Crippen molar-refractivity contribution in [1.82, 2.24) is 0 Å². The Morgan fingerprint density at radius 2 is 2.18 bits per heavy atom. The molecule has 0 amide bonds. The summed E-state index contributed by atoms with van der Waals surface area (Å²) in [6, 6.07) is 5.79. The molecule has 0 aliphatic heterocycles. The molecule has 1 N–H and O–H groups in total. The normalized spacial score (nSPS) is 12.7. The summed E-state index contributed by atoms with van der Waals surface area (Å²) < 4.78 is 18.4. The number of aliphatic hydroxyl groups is 1. The van der Waals surface area contributed by atoms with Gasteiger partial charge in [-0.05, 0) is 39.7 Å². The van der Waals surface area contributed by atoms with Crippen molar-refractivity contribution in [1.29, 1.82) is 0 Å². The van der Waals surface area contributed by atoms with E-state index in [1.807, 2.05) is 0 Å². The van der Waals surface area contributed by atoms with Gasteiger partial charge >= 0.3 is 0 Å². The van der Waals surface area contributed by atoms with Crippen LogP contribution in [0.1, 0.15) is 17.2 Å². The van der Waals surface area contributed by atoms with Crippen LogP contribution in [0.15, 0.2) is 39.6 Å². The van der Waals surface area contributed by atoms with E-state index in [4.69, 9.17) is 16.0 Å². The van der Waals surface area contributed by atoms with E-state index in [1.54, 1.807) is 12.1 Å². The third-order valence-corrected chi connectivity index (χ3v) is 3.43. The smallest absolute Gasteiger partial charge is 0.174 e. The SMILES string of the molecule is OC(Cc1ccc(F)cc1Cl)c1ccoc1Br. The predicted molar refractivity (Wildman–Crippen MR) is 66.5 cm³/mol. The minimum atomic E-state index is -0.744. The number of hydrogen-bond donors (Lipinski definition) is 1. The highest BCUT2D eigenvalue weighted by atomic mass is 79.9. The Labute approximate surface area is 111 Å². The molecule has 0 radical (unpaired) electrons. The molecule has 0 spiro atoms. The fourth-order valence-corrected chi connectivity index (χ4v) is 2.30. The maximum Gasteiger partial charge on any atom is 0.174 e. The van der Waals surface area contributed by atoms with Gasteiger partial charge in [-0.15, -0.1) is 0 Å². The lowest BCUT2D eigenvalue weighted by atomic mass is 10.0. The van der Waals surface area contributed by atoms with Crippen LogP contribution in [0, 0.1) is 5.82 Å². The van der Waals surface area contributed by atoms with Crippen LogP contribution in [0.25, 0.3) is 0 Å². The Morgan fingerprint density at radius 1 is 1.41 bits per heavy atom. The summed E-state index contributed by atoms with van der Waals surface area (Å²) >= 11 is 9.08. The topological polar surface area (TPSA) is 33.4 Å². The third kappa shape index (κ3) is 2.89. The van der Waals surface area contributed by atoms with Gasteiger partial charge in [0.25, 0.3) is 0 Å². The molecule has 2 nitrogen and oxygen atoms in total. The molecule has 2 rings (SSSR count). The van der Waals surface area contributed by atoms with Crippen LogP contribution < -0.4 is 0 Å². The Bertz CT molecular complexity index is 527. The van der Waals surface area contributed by atoms with Gasteiger partial charge in [0.05, 0.1) is 12.4 Å². The third-order valence-electron chi connectivity index (χ3n) is 2.43. The first-order chi connectivity index (χ1) is 8.08. The fourth-order valence-electron chi connectivity index (χ4n) is 1.55. The van der Waals surface area contributed by atoms with Crippen LogP contribution in [0.5, 0.6) is 0 Å². The average Bonchev–Trinajstić information content (AvgIpc) is 2.68. The molecule has 0 saturated carbocycles. The summed E-state index contributed by atoms with van der Waals surface area (Å²) in [5.41, 5.74) is 1.33. The van der Waals surface area contributed by atoms with Gasteiger partial charge in [0.2, 0.25) is 0 Å². The zero-order chi connectivity index (χ0) is 12.4. The van der Waals surface area contributed by atoms with Crippen LogP contribution >= 0.6 is 27.5 Å². The molecule has 17 heavy (non-hydrogen) atoms. The molecule has 0 saturated heterocycles. The van der Waals surface area contributed by atoms with E-state index in [1.165, 1.54) is 18.4 Å². The average molecular weight is 320 g/mol. The fraction of sp³-hybridized carbons (Fsp3) is 0.167. The Kier molecular flexibility index (Phi) is 3.86. The van der Waals surface area contributed by atoms with Gasteiger partial charge < -0.3 is 9.52 Å². The van der Waals surface area contributed by atoms with Crippen molar-refractivity contribution in [3.8, 4) is 0 Å². The Morgan fingerprint density at radius 3 is 2.76 bits per heavy atom. The molecule has 0 aliphatic rings. The molecule has 0 aliphatic carbocycles. The highest BCUT2D eigenvalue weighted by molar-refractivity contribution is 9.10. The predicted octanol–water partition coefficient (Wildman–Crippen LogP) is 4.11. The summed E-state index contributed by atoms with van der Waals surface area (Å²) in [5, 5.41) is 10.3. The van der Waals surface area contributed by atoms with Crippen molar-refractivity contribution in [2.24, 2.45) is 0 Å². The highest BCUT2D eigenvalue weighted by Gasteiger charge is 2.15. The molecule has 2 aromatic rings. The summed E-state index contributed by atoms with van der Waals surface area (Å²) in [5.74, 6) is -0.391.